The Balaban J connectivity index is 1.61. The summed E-state index contributed by atoms with van der Waals surface area (Å²) >= 11 is 7.33. The number of likely N-dealkylation sites (N-methyl/N-ethyl adjacent to an activating group) is 1. The first kappa shape index (κ1) is 34.3. The lowest BCUT2D eigenvalue weighted by atomic mass is 9.95. The third kappa shape index (κ3) is 10.5. The lowest BCUT2D eigenvalue weighted by molar-refractivity contribution is 0.113. The number of amides is 3. The highest BCUT2D eigenvalue weighted by Gasteiger charge is 2.23. The van der Waals surface area contributed by atoms with E-state index >= 15 is 0 Å². The number of carbonyl (C=O) groups excluding carboxylic acids is 2. The van der Waals surface area contributed by atoms with E-state index in [1.54, 1.807) is 13.1 Å². The van der Waals surface area contributed by atoms with Crippen LogP contribution in [0.25, 0.3) is 10.2 Å². The van der Waals surface area contributed by atoms with E-state index in [1.807, 2.05) is 44.3 Å². The second kappa shape index (κ2) is 16.6. The molecule has 0 unspecified atom stereocenters. The van der Waals surface area contributed by atoms with Gasteiger partial charge in [-0.2, -0.15) is 5.26 Å². The summed E-state index contributed by atoms with van der Waals surface area (Å²) in [7, 11) is 1.57. The van der Waals surface area contributed by atoms with Crippen molar-refractivity contribution in [1.82, 2.24) is 25.8 Å². The molecule has 1 heterocycles. The first-order chi connectivity index (χ1) is 21.0. The highest BCUT2D eigenvalue weighted by atomic mass is 35.5. The number of thiazole rings is 1. The average molecular weight is 647 g/mol. The van der Waals surface area contributed by atoms with Gasteiger partial charge in [0.2, 0.25) is 5.96 Å². The van der Waals surface area contributed by atoms with Crippen LogP contribution in [-0.4, -0.2) is 72.5 Å². The lowest BCUT2D eigenvalue weighted by Gasteiger charge is -2.28. The van der Waals surface area contributed by atoms with Gasteiger partial charge in [-0.3, -0.25) is 15.6 Å². The van der Waals surface area contributed by atoms with Crippen LogP contribution >= 0.6 is 22.9 Å². The van der Waals surface area contributed by atoms with Crippen molar-refractivity contribution in [1.29, 1.82) is 5.26 Å². The van der Waals surface area contributed by atoms with E-state index in [0.29, 0.717) is 36.6 Å². The van der Waals surface area contributed by atoms with Gasteiger partial charge in [0, 0.05) is 32.2 Å². The van der Waals surface area contributed by atoms with E-state index < -0.39 is 29.4 Å². The topological polar surface area (TPSA) is 164 Å². The van der Waals surface area contributed by atoms with E-state index in [4.69, 9.17) is 21.6 Å². The summed E-state index contributed by atoms with van der Waals surface area (Å²) in [5.41, 5.74) is 0.716. The molecule has 0 aliphatic heterocycles. The van der Waals surface area contributed by atoms with Crippen LogP contribution in [0.3, 0.4) is 0 Å². The molecule has 12 nitrogen and oxygen atoms in total. The molecule has 0 spiro atoms. The second-order valence-corrected chi connectivity index (χ2v) is 12.0. The predicted molar refractivity (Wildman–Crippen MR) is 169 cm³/mol. The summed E-state index contributed by atoms with van der Waals surface area (Å²) in [5.74, 6) is -0.325. The van der Waals surface area contributed by atoms with Crippen LogP contribution in [0.2, 0.25) is 5.02 Å². The molecule has 0 radical (unpaired) electrons. The molecule has 1 aromatic heterocycles. The van der Waals surface area contributed by atoms with Crippen molar-refractivity contribution >= 4 is 56.4 Å². The standard InChI is InChI=1S/C29H36ClFN8O4S/c1-29(2,17-40)16-35-25(36-18-32)33-13-7-9-20(39(3)27(41)34-14-19-8-6-10-21(31)24(19)30)15-43-28(42)38-26-37-22-11-4-5-12-23(22)44-26/h4-6,8,10-12,20,40H,7,9,13-17H2,1-3H3,(H,34,41)(H2,33,35,36)(H,37,38,42)/t20-/m0/s1. The smallest absolute Gasteiger partial charge is 0.413 e. The molecule has 3 aromatic rings. The minimum absolute atomic E-state index is 0.00314. The average Bonchev–Trinajstić information content (AvgIpc) is 3.41. The molecule has 3 amide bonds. The van der Waals surface area contributed by atoms with Crippen LogP contribution in [0.4, 0.5) is 19.1 Å². The van der Waals surface area contributed by atoms with Crippen LogP contribution in [0.1, 0.15) is 32.3 Å². The number of benzene rings is 2. The first-order valence-corrected chi connectivity index (χ1v) is 15.0. The van der Waals surface area contributed by atoms with Crippen molar-refractivity contribution in [3.05, 3.63) is 58.9 Å². The van der Waals surface area contributed by atoms with Crippen LogP contribution in [-0.2, 0) is 11.3 Å². The molecular weight excluding hydrogens is 611 g/mol. The van der Waals surface area contributed by atoms with Crippen LogP contribution in [0.5, 0.6) is 0 Å². The number of para-hydroxylation sites is 1. The Morgan fingerprint density at radius 2 is 2.02 bits per heavy atom. The van der Waals surface area contributed by atoms with Crippen molar-refractivity contribution in [2.45, 2.75) is 39.3 Å². The number of aliphatic imine (C=N–C) groups is 1. The van der Waals surface area contributed by atoms with Gasteiger partial charge in [0.25, 0.3) is 0 Å². The number of nitrogens with zero attached hydrogens (tertiary/aromatic N) is 4. The number of urea groups is 1. The zero-order valence-corrected chi connectivity index (χ0v) is 26.3. The number of hydrogen-bond acceptors (Lipinski definition) is 8. The quantitative estimate of drug-likeness (QED) is 0.0588. The number of nitrogens with one attached hydrogen (secondary N) is 4. The van der Waals surface area contributed by atoms with Crippen LogP contribution < -0.4 is 21.3 Å². The number of anilines is 1. The van der Waals surface area contributed by atoms with Crippen molar-refractivity contribution in [3.8, 4) is 6.19 Å². The molecule has 2 aromatic carbocycles. The largest absolute Gasteiger partial charge is 0.447 e. The van der Waals surface area contributed by atoms with Crippen LogP contribution in [0.15, 0.2) is 47.5 Å². The van der Waals surface area contributed by atoms with Gasteiger partial charge in [0.15, 0.2) is 11.3 Å². The number of aliphatic hydroxyl groups is 1. The monoisotopic (exact) mass is 646 g/mol. The number of guanidine groups is 1. The number of rotatable bonds is 13. The fourth-order valence-corrected chi connectivity index (χ4v) is 4.88. The summed E-state index contributed by atoms with van der Waals surface area (Å²) in [6, 6.07) is 10.8. The minimum Gasteiger partial charge on any atom is -0.447 e. The van der Waals surface area contributed by atoms with E-state index in [-0.39, 0.29) is 30.7 Å². The fraction of sp³-hybridized carbons (Fsp3) is 0.414. The zero-order valence-electron chi connectivity index (χ0n) is 24.7. The van der Waals surface area contributed by atoms with Crippen molar-refractivity contribution in [3.63, 3.8) is 0 Å². The Hall–Kier alpha value is -4.19. The summed E-state index contributed by atoms with van der Waals surface area (Å²) in [6.07, 6.45) is 2.04. The first-order valence-electron chi connectivity index (χ1n) is 13.8. The number of fused-ring (bicyclic) bond motifs is 1. The van der Waals surface area contributed by atoms with Gasteiger partial charge in [0.1, 0.15) is 12.4 Å². The molecule has 0 fully saturated rings. The number of carbonyl (C=O) groups is 2. The Morgan fingerprint density at radius 3 is 2.75 bits per heavy atom. The molecule has 1 atom stereocenters. The molecule has 0 aliphatic carbocycles. The van der Waals surface area contributed by atoms with E-state index in [1.165, 1.54) is 28.4 Å². The Kier molecular flexibility index (Phi) is 12.9. The highest BCUT2D eigenvalue weighted by Crippen LogP contribution is 2.25. The summed E-state index contributed by atoms with van der Waals surface area (Å²) < 4.78 is 20.2. The van der Waals surface area contributed by atoms with Gasteiger partial charge in [-0.25, -0.2) is 19.0 Å². The van der Waals surface area contributed by atoms with Gasteiger partial charge in [-0.15, -0.1) is 0 Å². The summed E-state index contributed by atoms with van der Waals surface area (Å²) in [5, 5.41) is 29.7. The molecule has 5 N–H and O–H groups in total. The number of nitriles is 1. The maximum atomic E-state index is 13.8. The van der Waals surface area contributed by atoms with Gasteiger partial charge in [0.05, 0.1) is 27.8 Å². The molecular formula is C29H36ClFN8O4S. The van der Waals surface area contributed by atoms with Crippen LogP contribution in [0, 0.1) is 22.7 Å². The summed E-state index contributed by atoms with van der Waals surface area (Å²) in [4.78, 5) is 35.8. The lowest BCUT2D eigenvalue weighted by Crippen LogP contribution is -2.46. The molecule has 3 rings (SSSR count). The predicted octanol–water partition coefficient (Wildman–Crippen LogP) is 4.66. The molecule has 0 saturated carbocycles. The Morgan fingerprint density at radius 1 is 1.25 bits per heavy atom. The number of hydrogen-bond donors (Lipinski definition) is 5. The number of halogens is 2. The normalized spacial score (nSPS) is 12.2. The fourth-order valence-electron chi connectivity index (χ4n) is 3.84. The molecule has 0 aliphatic rings. The summed E-state index contributed by atoms with van der Waals surface area (Å²) in [6.45, 7) is 4.18. The molecule has 236 valence electrons. The van der Waals surface area contributed by atoms with E-state index in [9.17, 15) is 19.1 Å². The number of aliphatic hydroxyl groups excluding tert-OH is 1. The third-order valence-corrected chi connectivity index (χ3v) is 7.89. The van der Waals surface area contributed by atoms with Crippen molar-refractivity contribution < 1.29 is 23.8 Å². The van der Waals surface area contributed by atoms with Crippen molar-refractivity contribution in [2.75, 3.05) is 38.7 Å². The highest BCUT2D eigenvalue weighted by molar-refractivity contribution is 7.22. The molecule has 44 heavy (non-hydrogen) atoms. The Bertz CT molecular complexity index is 1460. The maximum absolute atomic E-state index is 13.8. The van der Waals surface area contributed by atoms with Gasteiger partial charge < -0.3 is 25.4 Å². The third-order valence-electron chi connectivity index (χ3n) is 6.51. The second-order valence-electron chi connectivity index (χ2n) is 10.6. The maximum Gasteiger partial charge on any atom is 0.413 e. The SMILES string of the molecule is CN(C(=O)NCc1cccc(F)c1Cl)[C@@H](CCCNC(=NCC(C)(C)CO)NC#N)COC(=O)Nc1nc2ccccc2s1. The molecule has 0 bridgehead atoms. The van der Waals surface area contributed by atoms with Gasteiger partial charge >= 0.3 is 12.1 Å². The van der Waals surface area contributed by atoms with E-state index in [0.717, 1.165) is 10.2 Å². The van der Waals surface area contributed by atoms with Crippen molar-refractivity contribution in [2.24, 2.45) is 10.4 Å². The number of aromatic nitrogens is 1. The Labute approximate surface area is 264 Å². The zero-order chi connectivity index (χ0) is 32.1. The van der Waals surface area contributed by atoms with E-state index in [2.05, 4.69) is 31.2 Å². The minimum atomic E-state index is -0.716. The number of ether oxygens (including phenoxy) is 1. The molecule has 15 heteroatoms. The molecule has 0 saturated heterocycles. The van der Waals surface area contributed by atoms with Gasteiger partial charge in [-0.1, -0.05) is 61.1 Å². The van der Waals surface area contributed by atoms with Gasteiger partial charge in [-0.05, 0) is 36.6 Å².